The highest BCUT2D eigenvalue weighted by atomic mass is 16.5. The number of ether oxygens (including phenoxy) is 1. The molecule has 0 aromatic carbocycles. The van der Waals surface area contributed by atoms with Crippen LogP contribution in [0, 0.1) is 0 Å². The Kier molecular flexibility index (Phi) is 6.55. The van der Waals surface area contributed by atoms with Gasteiger partial charge in [-0.15, -0.1) is 0 Å². The number of hydrogen-bond donors (Lipinski definition) is 2. The van der Waals surface area contributed by atoms with Crippen molar-refractivity contribution in [3.8, 4) is 0 Å². The number of carboxylic acids is 1. The Balaban J connectivity index is 2.49. The summed E-state index contributed by atoms with van der Waals surface area (Å²) >= 11 is 0. The minimum Gasteiger partial charge on any atom is -0.480 e. The van der Waals surface area contributed by atoms with Gasteiger partial charge in [0.05, 0.1) is 0 Å². The molecule has 1 aliphatic heterocycles. The number of carbonyl (C=O) groups excluding carboxylic acids is 2. The summed E-state index contributed by atoms with van der Waals surface area (Å²) in [6.07, 6.45) is 2.19. The standard InChI is InChI=1S/C12H17N3O5/c13-14-7-8(16)4-5-9(12(18)19)15-11(17)10-3-1-2-6-20-10/h7,9-10H,1-6H2,(H,15,17)(H,18,19). The third kappa shape index (κ3) is 5.29. The molecule has 8 nitrogen and oxygen atoms in total. The Morgan fingerprint density at radius 3 is 2.75 bits per heavy atom. The van der Waals surface area contributed by atoms with E-state index in [0.29, 0.717) is 19.2 Å². The van der Waals surface area contributed by atoms with Crippen molar-refractivity contribution in [2.24, 2.45) is 0 Å². The van der Waals surface area contributed by atoms with E-state index >= 15 is 0 Å². The number of Topliss-reactive ketones (excluding diaryl/α,β-unsaturated/α-hetero) is 1. The van der Waals surface area contributed by atoms with Crippen LogP contribution < -0.4 is 5.32 Å². The topological polar surface area (TPSA) is 129 Å². The Morgan fingerprint density at radius 1 is 1.45 bits per heavy atom. The number of amides is 1. The molecule has 1 rings (SSSR count). The first kappa shape index (κ1) is 16.0. The average molecular weight is 283 g/mol. The normalized spacial score (nSPS) is 19.5. The fraction of sp³-hybridized carbons (Fsp3) is 0.667. The predicted molar refractivity (Wildman–Crippen MR) is 67.1 cm³/mol. The number of ketones is 1. The molecule has 20 heavy (non-hydrogen) atoms. The molecule has 2 atom stereocenters. The summed E-state index contributed by atoms with van der Waals surface area (Å²) in [5.74, 6) is -2.20. The molecule has 0 saturated carbocycles. The lowest BCUT2D eigenvalue weighted by molar-refractivity contribution is -0.145. The van der Waals surface area contributed by atoms with E-state index in [1.807, 2.05) is 0 Å². The number of carboxylic acid groups (broad SMARTS) is 1. The molecule has 1 amide bonds. The van der Waals surface area contributed by atoms with Crippen LogP contribution >= 0.6 is 0 Å². The molecule has 110 valence electrons. The van der Waals surface area contributed by atoms with Crippen LogP contribution in [-0.2, 0) is 19.1 Å². The maximum atomic E-state index is 11.8. The molecule has 0 radical (unpaired) electrons. The molecule has 1 heterocycles. The second-order valence-corrected chi connectivity index (χ2v) is 4.50. The van der Waals surface area contributed by atoms with Gasteiger partial charge >= 0.3 is 12.2 Å². The lowest BCUT2D eigenvalue weighted by Gasteiger charge is -2.23. The SMILES string of the molecule is [N-]=[N+]=CC(=O)CCC(NC(=O)C1CCCCO1)C(=O)O. The molecule has 8 heteroatoms. The Bertz CT molecular complexity index is 425. The van der Waals surface area contributed by atoms with Gasteiger partial charge in [0.15, 0.2) is 0 Å². The van der Waals surface area contributed by atoms with E-state index in [1.54, 1.807) is 0 Å². The smallest absolute Gasteiger partial charge is 0.326 e. The van der Waals surface area contributed by atoms with E-state index in [4.69, 9.17) is 15.4 Å². The van der Waals surface area contributed by atoms with Crippen LogP contribution in [0.15, 0.2) is 0 Å². The van der Waals surface area contributed by atoms with Crippen LogP contribution in [0.3, 0.4) is 0 Å². The monoisotopic (exact) mass is 283 g/mol. The zero-order chi connectivity index (χ0) is 15.0. The first-order chi connectivity index (χ1) is 9.54. The number of aliphatic carboxylic acids is 1. The van der Waals surface area contributed by atoms with E-state index < -0.39 is 29.8 Å². The van der Waals surface area contributed by atoms with Gasteiger partial charge in [-0.1, -0.05) is 0 Å². The Labute approximate surface area is 115 Å². The van der Waals surface area contributed by atoms with E-state index in [-0.39, 0.29) is 12.8 Å². The van der Waals surface area contributed by atoms with Crippen molar-refractivity contribution >= 4 is 23.9 Å². The van der Waals surface area contributed by atoms with Crippen LogP contribution in [0.4, 0.5) is 0 Å². The predicted octanol–water partition coefficient (Wildman–Crippen LogP) is -0.225. The molecule has 0 aromatic heterocycles. The maximum Gasteiger partial charge on any atom is 0.326 e. The number of nitrogens with zero attached hydrogens (tertiary/aromatic N) is 2. The second kappa shape index (κ2) is 8.19. The molecular formula is C12H17N3O5. The minimum atomic E-state index is -1.22. The number of nitrogens with one attached hydrogen (secondary N) is 1. The summed E-state index contributed by atoms with van der Waals surface area (Å²) < 4.78 is 5.26. The van der Waals surface area contributed by atoms with Crippen molar-refractivity contribution in [2.45, 2.75) is 44.2 Å². The van der Waals surface area contributed by atoms with Crippen LogP contribution in [0.1, 0.15) is 32.1 Å². The third-order valence-electron chi connectivity index (χ3n) is 2.97. The van der Waals surface area contributed by atoms with E-state index in [0.717, 1.165) is 12.8 Å². The van der Waals surface area contributed by atoms with Gasteiger partial charge < -0.3 is 20.7 Å². The molecule has 0 bridgehead atoms. The molecule has 2 unspecified atom stereocenters. The minimum absolute atomic E-state index is 0.0708. The second-order valence-electron chi connectivity index (χ2n) is 4.50. The van der Waals surface area contributed by atoms with Gasteiger partial charge in [0.25, 0.3) is 0 Å². The highest BCUT2D eigenvalue weighted by Gasteiger charge is 2.27. The lowest BCUT2D eigenvalue weighted by atomic mass is 10.1. The quantitative estimate of drug-likeness (QED) is 0.379. The Morgan fingerprint density at radius 2 is 2.20 bits per heavy atom. The third-order valence-corrected chi connectivity index (χ3v) is 2.97. The van der Waals surface area contributed by atoms with Gasteiger partial charge in [0.2, 0.25) is 11.7 Å². The van der Waals surface area contributed by atoms with E-state index in [1.165, 1.54) is 0 Å². The van der Waals surface area contributed by atoms with Crippen LogP contribution in [0.5, 0.6) is 0 Å². The highest BCUT2D eigenvalue weighted by molar-refractivity contribution is 6.25. The van der Waals surface area contributed by atoms with Crippen molar-refractivity contribution in [3.63, 3.8) is 0 Å². The highest BCUT2D eigenvalue weighted by Crippen LogP contribution is 2.13. The average Bonchev–Trinajstić information content (AvgIpc) is 2.44. The zero-order valence-corrected chi connectivity index (χ0v) is 10.9. The molecule has 1 fully saturated rings. The van der Waals surface area contributed by atoms with Crippen molar-refractivity contribution in [3.05, 3.63) is 5.53 Å². The zero-order valence-electron chi connectivity index (χ0n) is 10.9. The first-order valence-corrected chi connectivity index (χ1v) is 6.39. The summed E-state index contributed by atoms with van der Waals surface area (Å²) in [4.78, 5) is 36.6. The number of hydrogen-bond acceptors (Lipinski definition) is 4. The van der Waals surface area contributed by atoms with Crippen LogP contribution in [0.2, 0.25) is 0 Å². The van der Waals surface area contributed by atoms with E-state index in [2.05, 4.69) is 10.1 Å². The molecule has 1 saturated heterocycles. The van der Waals surface area contributed by atoms with Gasteiger partial charge in [0.1, 0.15) is 12.1 Å². The summed E-state index contributed by atoms with van der Waals surface area (Å²) in [7, 11) is 0. The molecule has 0 spiro atoms. The molecule has 0 aromatic rings. The van der Waals surface area contributed by atoms with Gasteiger partial charge in [-0.05, 0) is 25.7 Å². The summed E-state index contributed by atoms with van der Waals surface area (Å²) in [5.41, 5.74) is 8.17. The number of carbonyl (C=O) groups is 3. The number of rotatable bonds is 7. The summed E-state index contributed by atoms with van der Waals surface area (Å²) in [6.45, 7) is 0.487. The summed E-state index contributed by atoms with van der Waals surface area (Å²) in [5, 5.41) is 11.4. The fourth-order valence-corrected chi connectivity index (χ4v) is 1.89. The first-order valence-electron chi connectivity index (χ1n) is 6.39. The van der Waals surface area contributed by atoms with Crippen molar-refractivity contribution < 1.29 is 29.0 Å². The van der Waals surface area contributed by atoms with Crippen LogP contribution in [0.25, 0.3) is 5.53 Å². The van der Waals surface area contributed by atoms with Gasteiger partial charge in [-0.2, -0.15) is 4.79 Å². The Hall–Kier alpha value is -2.05. The molecule has 0 aliphatic carbocycles. The van der Waals surface area contributed by atoms with Crippen molar-refractivity contribution in [1.29, 1.82) is 0 Å². The van der Waals surface area contributed by atoms with Gasteiger partial charge in [0, 0.05) is 13.0 Å². The molecule has 2 N–H and O–H groups in total. The van der Waals surface area contributed by atoms with Crippen molar-refractivity contribution in [1.82, 2.24) is 5.32 Å². The largest absolute Gasteiger partial charge is 0.480 e. The molecule has 1 aliphatic rings. The van der Waals surface area contributed by atoms with Gasteiger partial charge in [-0.25, -0.2) is 4.79 Å². The van der Waals surface area contributed by atoms with Gasteiger partial charge in [-0.3, -0.25) is 9.59 Å². The fourth-order valence-electron chi connectivity index (χ4n) is 1.89. The summed E-state index contributed by atoms with van der Waals surface area (Å²) in [6, 6.07) is -1.16. The maximum absolute atomic E-state index is 11.8. The van der Waals surface area contributed by atoms with Crippen molar-refractivity contribution in [2.75, 3.05) is 6.61 Å². The molecular weight excluding hydrogens is 266 g/mol. The lowest BCUT2D eigenvalue weighted by Crippen LogP contribution is -2.47. The van der Waals surface area contributed by atoms with Crippen LogP contribution in [-0.4, -0.2) is 52.5 Å². The van der Waals surface area contributed by atoms with E-state index in [9.17, 15) is 14.4 Å².